The zero-order chi connectivity index (χ0) is 12.3. The van der Waals surface area contributed by atoms with Crippen LogP contribution in [0.25, 0.3) is 0 Å². The molecule has 1 fully saturated rings. The fourth-order valence-corrected chi connectivity index (χ4v) is 2.59. The molecule has 1 aliphatic heterocycles. The van der Waals surface area contributed by atoms with Gasteiger partial charge in [-0.25, -0.2) is 4.39 Å². The van der Waals surface area contributed by atoms with E-state index < -0.39 is 5.67 Å². The van der Waals surface area contributed by atoms with Gasteiger partial charge in [-0.3, -0.25) is 0 Å². The van der Waals surface area contributed by atoms with Crippen molar-refractivity contribution in [3.8, 4) is 5.75 Å². The molecule has 0 radical (unpaired) electrons. The van der Waals surface area contributed by atoms with E-state index in [4.69, 9.17) is 0 Å². The van der Waals surface area contributed by atoms with Crippen LogP contribution >= 0.6 is 0 Å². The first-order valence-corrected chi connectivity index (χ1v) is 6.30. The van der Waals surface area contributed by atoms with E-state index in [1.807, 2.05) is 0 Å². The zero-order valence-corrected chi connectivity index (χ0v) is 10.2. The standard InChI is InChI=1S/C14H20FNO/c1-14(15,10-11-6-4-5-9-16-11)12-7-2-3-8-13(12)17/h2-3,7-8,11,16-17H,4-6,9-10H2,1H3. The summed E-state index contributed by atoms with van der Waals surface area (Å²) in [4.78, 5) is 0. The molecule has 2 nitrogen and oxygen atoms in total. The largest absolute Gasteiger partial charge is 0.508 e. The molecule has 3 heteroatoms. The minimum atomic E-state index is -1.47. The Kier molecular flexibility index (Phi) is 3.67. The summed E-state index contributed by atoms with van der Waals surface area (Å²) >= 11 is 0. The molecule has 1 saturated heterocycles. The van der Waals surface area contributed by atoms with Crippen molar-refractivity contribution in [2.24, 2.45) is 0 Å². The van der Waals surface area contributed by atoms with Gasteiger partial charge < -0.3 is 10.4 Å². The van der Waals surface area contributed by atoms with Crippen molar-refractivity contribution in [2.75, 3.05) is 6.54 Å². The molecule has 0 bridgehead atoms. The number of hydrogen-bond acceptors (Lipinski definition) is 2. The van der Waals surface area contributed by atoms with Crippen LogP contribution in [-0.4, -0.2) is 17.7 Å². The maximum atomic E-state index is 14.7. The summed E-state index contributed by atoms with van der Waals surface area (Å²) in [5, 5.41) is 13.1. The predicted molar refractivity (Wildman–Crippen MR) is 66.8 cm³/mol. The SMILES string of the molecule is CC(F)(CC1CCCCN1)c1ccccc1O. The van der Waals surface area contributed by atoms with Gasteiger partial charge in [-0.2, -0.15) is 0 Å². The number of nitrogens with one attached hydrogen (secondary N) is 1. The van der Waals surface area contributed by atoms with Crippen molar-refractivity contribution in [2.45, 2.75) is 44.3 Å². The molecule has 0 aliphatic carbocycles. The van der Waals surface area contributed by atoms with Crippen molar-refractivity contribution < 1.29 is 9.50 Å². The first kappa shape index (κ1) is 12.4. The van der Waals surface area contributed by atoms with Crippen molar-refractivity contribution in [3.63, 3.8) is 0 Å². The van der Waals surface area contributed by atoms with Crippen molar-refractivity contribution in [1.82, 2.24) is 5.32 Å². The fraction of sp³-hybridized carbons (Fsp3) is 0.571. The zero-order valence-electron chi connectivity index (χ0n) is 10.2. The summed E-state index contributed by atoms with van der Waals surface area (Å²) in [6, 6.07) is 6.91. The third kappa shape index (κ3) is 2.97. The number of phenols is 1. The van der Waals surface area contributed by atoms with Crippen LogP contribution in [0.5, 0.6) is 5.75 Å². The summed E-state index contributed by atoms with van der Waals surface area (Å²) in [7, 11) is 0. The number of para-hydroxylation sites is 1. The number of hydrogen-bond donors (Lipinski definition) is 2. The molecule has 1 aromatic rings. The summed E-state index contributed by atoms with van der Waals surface area (Å²) < 4.78 is 14.7. The topological polar surface area (TPSA) is 32.3 Å². The Morgan fingerprint density at radius 1 is 1.41 bits per heavy atom. The predicted octanol–water partition coefficient (Wildman–Crippen LogP) is 3.11. The lowest BCUT2D eigenvalue weighted by Gasteiger charge is -2.30. The highest BCUT2D eigenvalue weighted by molar-refractivity contribution is 5.36. The van der Waals surface area contributed by atoms with E-state index in [1.54, 1.807) is 31.2 Å². The van der Waals surface area contributed by atoms with Crippen LogP contribution in [0.15, 0.2) is 24.3 Å². The minimum Gasteiger partial charge on any atom is -0.508 e. The van der Waals surface area contributed by atoms with Gasteiger partial charge in [0.1, 0.15) is 11.4 Å². The lowest BCUT2D eigenvalue weighted by Crippen LogP contribution is -2.38. The Labute approximate surface area is 102 Å². The minimum absolute atomic E-state index is 0.0494. The van der Waals surface area contributed by atoms with Crippen molar-refractivity contribution in [3.05, 3.63) is 29.8 Å². The van der Waals surface area contributed by atoms with E-state index in [0.29, 0.717) is 12.0 Å². The van der Waals surface area contributed by atoms with Crippen molar-refractivity contribution in [1.29, 1.82) is 0 Å². The monoisotopic (exact) mass is 237 g/mol. The second kappa shape index (κ2) is 5.05. The van der Waals surface area contributed by atoms with Crippen molar-refractivity contribution >= 4 is 0 Å². The molecule has 0 amide bonds. The number of alkyl halides is 1. The third-order valence-electron chi connectivity index (χ3n) is 3.51. The Bertz CT molecular complexity index is 372. The van der Waals surface area contributed by atoms with Gasteiger partial charge in [0.2, 0.25) is 0 Å². The first-order valence-electron chi connectivity index (χ1n) is 6.30. The van der Waals surface area contributed by atoms with Gasteiger partial charge >= 0.3 is 0 Å². The molecule has 17 heavy (non-hydrogen) atoms. The van der Waals surface area contributed by atoms with Crippen LogP contribution in [0.1, 0.15) is 38.2 Å². The lowest BCUT2D eigenvalue weighted by atomic mass is 9.87. The highest BCUT2D eigenvalue weighted by atomic mass is 19.1. The Morgan fingerprint density at radius 2 is 2.18 bits per heavy atom. The average molecular weight is 237 g/mol. The van der Waals surface area contributed by atoms with E-state index in [0.717, 1.165) is 19.4 Å². The normalized spacial score (nSPS) is 24.2. The van der Waals surface area contributed by atoms with E-state index in [9.17, 15) is 9.50 Å². The van der Waals surface area contributed by atoms with Crippen LogP contribution < -0.4 is 5.32 Å². The number of phenolic OH excluding ortho intramolecular Hbond substituents is 1. The van der Waals surface area contributed by atoms with Crippen LogP contribution in [0.3, 0.4) is 0 Å². The molecule has 0 aromatic heterocycles. The molecule has 0 saturated carbocycles. The van der Waals surface area contributed by atoms with E-state index in [-0.39, 0.29) is 11.8 Å². The molecule has 2 atom stereocenters. The number of piperidine rings is 1. The second-order valence-electron chi connectivity index (χ2n) is 5.07. The molecule has 0 spiro atoms. The van der Waals surface area contributed by atoms with E-state index in [1.165, 1.54) is 6.42 Å². The molecular formula is C14H20FNO. The highest BCUT2D eigenvalue weighted by Gasteiger charge is 2.32. The number of aromatic hydroxyl groups is 1. The molecule has 1 aliphatic rings. The Hall–Kier alpha value is -1.09. The molecular weight excluding hydrogens is 217 g/mol. The van der Waals surface area contributed by atoms with Gasteiger partial charge in [0.05, 0.1) is 0 Å². The van der Waals surface area contributed by atoms with Crippen LogP contribution in [0.4, 0.5) is 4.39 Å². The summed E-state index contributed by atoms with van der Waals surface area (Å²) in [5.74, 6) is 0.0494. The Balaban J connectivity index is 2.10. The molecule has 1 heterocycles. The summed E-state index contributed by atoms with van der Waals surface area (Å²) in [5.41, 5.74) is -1.08. The molecule has 2 unspecified atom stereocenters. The first-order chi connectivity index (χ1) is 8.09. The molecule has 2 rings (SSSR count). The average Bonchev–Trinajstić information content (AvgIpc) is 2.30. The smallest absolute Gasteiger partial charge is 0.138 e. The van der Waals surface area contributed by atoms with Gasteiger partial charge in [0, 0.05) is 18.0 Å². The maximum absolute atomic E-state index is 14.7. The van der Waals surface area contributed by atoms with Gasteiger partial charge in [-0.1, -0.05) is 24.6 Å². The van der Waals surface area contributed by atoms with Gasteiger partial charge in [0.15, 0.2) is 0 Å². The van der Waals surface area contributed by atoms with E-state index >= 15 is 0 Å². The molecule has 1 aromatic carbocycles. The number of halogens is 1. The highest BCUT2D eigenvalue weighted by Crippen LogP contribution is 2.37. The number of rotatable bonds is 3. The summed E-state index contributed by atoms with van der Waals surface area (Å²) in [6.45, 7) is 2.53. The van der Waals surface area contributed by atoms with E-state index in [2.05, 4.69) is 5.32 Å². The maximum Gasteiger partial charge on any atom is 0.138 e. The second-order valence-corrected chi connectivity index (χ2v) is 5.07. The lowest BCUT2D eigenvalue weighted by molar-refractivity contribution is 0.142. The fourth-order valence-electron chi connectivity index (χ4n) is 2.59. The quantitative estimate of drug-likeness (QED) is 0.846. The number of benzene rings is 1. The van der Waals surface area contributed by atoms with Crippen LogP contribution in [0.2, 0.25) is 0 Å². The molecule has 94 valence electrons. The molecule has 2 N–H and O–H groups in total. The van der Waals surface area contributed by atoms with Gasteiger partial charge in [0.25, 0.3) is 0 Å². The Morgan fingerprint density at radius 3 is 2.82 bits per heavy atom. The van der Waals surface area contributed by atoms with Gasteiger partial charge in [-0.05, 0) is 32.4 Å². The summed E-state index contributed by atoms with van der Waals surface area (Å²) in [6.07, 6.45) is 3.78. The van der Waals surface area contributed by atoms with Crippen LogP contribution in [0, 0.1) is 0 Å². The van der Waals surface area contributed by atoms with Gasteiger partial charge in [-0.15, -0.1) is 0 Å². The van der Waals surface area contributed by atoms with Crippen LogP contribution in [-0.2, 0) is 5.67 Å². The third-order valence-corrected chi connectivity index (χ3v) is 3.51.